The van der Waals surface area contributed by atoms with Crippen molar-refractivity contribution in [3.05, 3.63) is 62.1 Å². The molecule has 2 aromatic carbocycles. The highest BCUT2D eigenvalue weighted by Gasteiger charge is 2.17. The first kappa shape index (κ1) is 16.3. The van der Waals surface area contributed by atoms with E-state index in [1.165, 1.54) is 16.7 Å². The van der Waals surface area contributed by atoms with Crippen LogP contribution in [0.2, 0.25) is 5.02 Å². The van der Waals surface area contributed by atoms with Crippen molar-refractivity contribution >= 4 is 27.5 Å². The van der Waals surface area contributed by atoms with E-state index in [9.17, 15) is 0 Å². The van der Waals surface area contributed by atoms with Gasteiger partial charge in [-0.05, 0) is 77.3 Å². The van der Waals surface area contributed by atoms with Gasteiger partial charge >= 0.3 is 0 Å². The maximum Gasteiger partial charge on any atom is 0.133 e. The number of nitrogens with one attached hydrogen (secondary N) is 1. The fraction of sp³-hybridized carbons (Fsp3) is 0.294. The van der Waals surface area contributed by atoms with Gasteiger partial charge in [-0.1, -0.05) is 23.7 Å². The standard InChI is InChI=1S/C17H19BrClNO/c1-10-8-15(19)11(2)7-13(10)17(20-3)12-5-6-16(21-4)14(18)9-12/h5-9,17,20H,1-4H3. The second-order valence-corrected chi connectivity index (χ2v) is 6.34. The number of methoxy groups -OCH3 is 1. The normalized spacial score (nSPS) is 12.3. The van der Waals surface area contributed by atoms with Crippen molar-refractivity contribution in [1.29, 1.82) is 0 Å². The molecule has 0 aliphatic heterocycles. The molecule has 0 aromatic heterocycles. The Hall–Kier alpha value is -1.03. The first-order valence-corrected chi connectivity index (χ1v) is 7.92. The molecule has 112 valence electrons. The van der Waals surface area contributed by atoms with Crippen LogP contribution in [0.5, 0.6) is 5.75 Å². The van der Waals surface area contributed by atoms with E-state index in [1.54, 1.807) is 7.11 Å². The molecule has 2 aromatic rings. The van der Waals surface area contributed by atoms with Gasteiger partial charge in [0.05, 0.1) is 17.6 Å². The third kappa shape index (κ3) is 3.42. The number of ether oxygens (including phenoxy) is 1. The third-order valence-corrected chi connectivity index (χ3v) is 4.68. The van der Waals surface area contributed by atoms with Crippen LogP contribution in [0.15, 0.2) is 34.8 Å². The Kier molecular flexibility index (Phi) is 5.31. The van der Waals surface area contributed by atoms with E-state index in [-0.39, 0.29) is 6.04 Å². The fourth-order valence-corrected chi connectivity index (χ4v) is 3.25. The number of hydrogen-bond donors (Lipinski definition) is 1. The fourth-order valence-electron chi connectivity index (χ4n) is 2.48. The number of rotatable bonds is 4. The average Bonchev–Trinajstić information content (AvgIpc) is 2.45. The third-order valence-electron chi connectivity index (χ3n) is 3.66. The first-order chi connectivity index (χ1) is 9.97. The quantitative estimate of drug-likeness (QED) is 0.816. The van der Waals surface area contributed by atoms with E-state index in [4.69, 9.17) is 16.3 Å². The molecule has 0 bridgehead atoms. The van der Waals surface area contributed by atoms with E-state index in [0.29, 0.717) is 0 Å². The second-order valence-electron chi connectivity index (χ2n) is 5.07. The predicted molar refractivity (Wildman–Crippen MR) is 92.5 cm³/mol. The summed E-state index contributed by atoms with van der Waals surface area (Å²) in [6, 6.07) is 10.4. The lowest BCUT2D eigenvalue weighted by molar-refractivity contribution is 0.412. The van der Waals surface area contributed by atoms with E-state index < -0.39 is 0 Å². The number of aryl methyl sites for hydroxylation is 2. The van der Waals surface area contributed by atoms with Gasteiger partial charge in [0.25, 0.3) is 0 Å². The molecule has 4 heteroatoms. The molecule has 2 nitrogen and oxygen atoms in total. The molecule has 0 heterocycles. The Morgan fingerprint density at radius 1 is 1.14 bits per heavy atom. The number of halogens is 2. The van der Waals surface area contributed by atoms with Crippen LogP contribution in [0.25, 0.3) is 0 Å². The van der Waals surface area contributed by atoms with E-state index in [2.05, 4.69) is 46.4 Å². The molecular weight excluding hydrogens is 350 g/mol. The second kappa shape index (κ2) is 6.82. The minimum absolute atomic E-state index is 0.114. The summed E-state index contributed by atoms with van der Waals surface area (Å²) in [6.07, 6.45) is 0. The minimum Gasteiger partial charge on any atom is -0.496 e. The Balaban J connectivity index is 2.49. The molecule has 0 radical (unpaired) electrons. The van der Waals surface area contributed by atoms with Crippen LogP contribution < -0.4 is 10.1 Å². The van der Waals surface area contributed by atoms with E-state index in [1.807, 2.05) is 26.1 Å². The van der Waals surface area contributed by atoms with Crippen molar-refractivity contribution < 1.29 is 4.74 Å². The van der Waals surface area contributed by atoms with Crippen molar-refractivity contribution in [2.45, 2.75) is 19.9 Å². The SMILES string of the molecule is CNC(c1ccc(OC)c(Br)c1)c1cc(C)c(Cl)cc1C. The molecule has 2 rings (SSSR count). The van der Waals surface area contributed by atoms with Crippen molar-refractivity contribution in [2.75, 3.05) is 14.2 Å². The number of benzene rings is 2. The molecule has 0 saturated carbocycles. The summed E-state index contributed by atoms with van der Waals surface area (Å²) in [7, 11) is 3.63. The van der Waals surface area contributed by atoms with E-state index in [0.717, 1.165) is 20.8 Å². The molecule has 1 unspecified atom stereocenters. The Bertz CT molecular complexity index is 657. The van der Waals surface area contributed by atoms with Crippen LogP contribution in [-0.4, -0.2) is 14.2 Å². The molecule has 1 N–H and O–H groups in total. The highest BCUT2D eigenvalue weighted by molar-refractivity contribution is 9.10. The monoisotopic (exact) mass is 367 g/mol. The molecule has 0 aliphatic carbocycles. The first-order valence-electron chi connectivity index (χ1n) is 6.75. The van der Waals surface area contributed by atoms with Crippen molar-refractivity contribution in [2.24, 2.45) is 0 Å². The van der Waals surface area contributed by atoms with Crippen molar-refractivity contribution in [3.63, 3.8) is 0 Å². The van der Waals surface area contributed by atoms with Crippen LogP contribution in [0.1, 0.15) is 28.3 Å². The maximum atomic E-state index is 6.20. The van der Waals surface area contributed by atoms with Gasteiger partial charge in [0.15, 0.2) is 0 Å². The van der Waals surface area contributed by atoms with Gasteiger partial charge in [0, 0.05) is 5.02 Å². The summed E-state index contributed by atoms with van der Waals surface area (Å²) in [5.41, 5.74) is 4.67. The molecule has 0 spiro atoms. The lowest BCUT2D eigenvalue weighted by Crippen LogP contribution is -2.19. The minimum atomic E-state index is 0.114. The van der Waals surface area contributed by atoms with Crippen LogP contribution in [0.3, 0.4) is 0 Å². The van der Waals surface area contributed by atoms with Gasteiger partial charge in [-0.2, -0.15) is 0 Å². The van der Waals surface area contributed by atoms with Gasteiger partial charge < -0.3 is 10.1 Å². The lowest BCUT2D eigenvalue weighted by Gasteiger charge is -2.21. The van der Waals surface area contributed by atoms with E-state index >= 15 is 0 Å². The highest BCUT2D eigenvalue weighted by atomic mass is 79.9. The van der Waals surface area contributed by atoms with Crippen molar-refractivity contribution in [1.82, 2.24) is 5.32 Å². The zero-order valence-corrected chi connectivity index (χ0v) is 15.0. The lowest BCUT2D eigenvalue weighted by atomic mass is 9.93. The summed E-state index contributed by atoms with van der Waals surface area (Å²) in [4.78, 5) is 0. The van der Waals surface area contributed by atoms with Gasteiger partial charge in [-0.3, -0.25) is 0 Å². The zero-order chi connectivity index (χ0) is 15.6. The smallest absolute Gasteiger partial charge is 0.133 e. The Labute approximate surface area is 139 Å². The maximum absolute atomic E-state index is 6.20. The topological polar surface area (TPSA) is 21.3 Å². The summed E-state index contributed by atoms with van der Waals surface area (Å²) in [5, 5.41) is 4.19. The average molecular weight is 369 g/mol. The molecular formula is C17H19BrClNO. The molecule has 1 atom stereocenters. The van der Waals surface area contributed by atoms with Crippen LogP contribution in [-0.2, 0) is 0 Å². The van der Waals surface area contributed by atoms with Crippen LogP contribution in [0, 0.1) is 13.8 Å². The summed E-state index contributed by atoms with van der Waals surface area (Å²) >= 11 is 9.75. The highest BCUT2D eigenvalue weighted by Crippen LogP contribution is 2.33. The summed E-state index contributed by atoms with van der Waals surface area (Å²) in [6.45, 7) is 4.12. The Morgan fingerprint density at radius 2 is 1.86 bits per heavy atom. The molecule has 0 saturated heterocycles. The predicted octanol–water partition coefficient (Wildman–Crippen LogP) is 5.04. The molecule has 0 aliphatic rings. The Morgan fingerprint density at radius 3 is 2.43 bits per heavy atom. The van der Waals surface area contributed by atoms with Crippen LogP contribution in [0.4, 0.5) is 0 Å². The summed E-state index contributed by atoms with van der Waals surface area (Å²) < 4.78 is 6.24. The molecule has 21 heavy (non-hydrogen) atoms. The number of hydrogen-bond acceptors (Lipinski definition) is 2. The largest absolute Gasteiger partial charge is 0.496 e. The molecule has 0 fully saturated rings. The van der Waals surface area contributed by atoms with Crippen LogP contribution >= 0.6 is 27.5 Å². The molecule has 0 amide bonds. The van der Waals surface area contributed by atoms with Gasteiger partial charge in [-0.25, -0.2) is 0 Å². The van der Waals surface area contributed by atoms with Gasteiger partial charge in [0.2, 0.25) is 0 Å². The van der Waals surface area contributed by atoms with Crippen molar-refractivity contribution in [3.8, 4) is 5.75 Å². The summed E-state index contributed by atoms with van der Waals surface area (Å²) in [5.74, 6) is 0.831. The van der Waals surface area contributed by atoms with Gasteiger partial charge in [-0.15, -0.1) is 0 Å². The van der Waals surface area contributed by atoms with Gasteiger partial charge in [0.1, 0.15) is 5.75 Å². The zero-order valence-electron chi connectivity index (χ0n) is 12.6.